The highest BCUT2D eigenvalue weighted by Crippen LogP contribution is 2.34. The molecule has 102 valence electrons. The molecule has 0 aromatic heterocycles. The molecule has 0 bridgehead atoms. The fourth-order valence-electron chi connectivity index (χ4n) is 2.15. The number of carbonyl (C=O) groups excluding carboxylic acids is 1. The molecule has 4 heteroatoms. The van der Waals surface area contributed by atoms with Gasteiger partial charge in [-0.15, -0.1) is 0 Å². The number of carbonyl (C=O) groups is 1. The van der Waals surface area contributed by atoms with Crippen LogP contribution in [0.15, 0.2) is 36.4 Å². The summed E-state index contributed by atoms with van der Waals surface area (Å²) in [6, 6.07) is 10.0. The minimum Gasteiger partial charge on any atom is -0.490 e. The molecule has 0 saturated carbocycles. The second-order valence-electron chi connectivity index (χ2n) is 4.57. The van der Waals surface area contributed by atoms with Gasteiger partial charge in [0.15, 0.2) is 17.8 Å². The molecule has 1 aliphatic heterocycles. The average molecular weight is 272 g/mol. The molecule has 1 aliphatic rings. The van der Waals surface area contributed by atoms with E-state index in [1.807, 2.05) is 18.2 Å². The zero-order chi connectivity index (χ0) is 13.9. The maximum Gasteiger partial charge on any atom is 0.161 e. The van der Waals surface area contributed by atoms with Crippen LogP contribution in [0.25, 0.3) is 11.1 Å². The monoisotopic (exact) mass is 272 g/mol. The normalized spacial score (nSPS) is 13.7. The van der Waals surface area contributed by atoms with E-state index in [9.17, 15) is 9.18 Å². The zero-order valence-corrected chi connectivity index (χ0v) is 10.8. The fraction of sp³-hybridized carbons (Fsp3) is 0.188. The summed E-state index contributed by atoms with van der Waals surface area (Å²) >= 11 is 0. The highest BCUT2D eigenvalue weighted by Gasteiger charge is 2.12. The summed E-state index contributed by atoms with van der Waals surface area (Å²) in [7, 11) is 0. The summed E-state index contributed by atoms with van der Waals surface area (Å²) in [5.74, 6) is 0.848. The van der Waals surface area contributed by atoms with Crippen LogP contribution < -0.4 is 9.47 Å². The van der Waals surface area contributed by atoms with Gasteiger partial charge in [0.2, 0.25) is 0 Å². The van der Waals surface area contributed by atoms with E-state index >= 15 is 0 Å². The lowest BCUT2D eigenvalue weighted by molar-refractivity contribution is 0.112. The van der Waals surface area contributed by atoms with E-state index < -0.39 is 5.82 Å². The molecular formula is C16H13FO3. The number of benzene rings is 2. The Kier molecular flexibility index (Phi) is 3.37. The smallest absolute Gasteiger partial charge is 0.161 e. The van der Waals surface area contributed by atoms with Crippen molar-refractivity contribution in [2.24, 2.45) is 0 Å². The minimum atomic E-state index is -0.524. The van der Waals surface area contributed by atoms with E-state index in [4.69, 9.17) is 9.47 Å². The lowest BCUT2D eigenvalue weighted by Crippen LogP contribution is -1.97. The lowest BCUT2D eigenvalue weighted by Gasteiger charge is -2.10. The van der Waals surface area contributed by atoms with E-state index in [1.165, 1.54) is 12.1 Å². The first-order valence-corrected chi connectivity index (χ1v) is 6.43. The molecule has 0 fully saturated rings. The number of hydrogen-bond donors (Lipinski definition) is 0. The average Bonchev–Trinajstić information content (AvgIpc) is 2.71. The van der Waals surface area contributed by atoms with Gasteiger partial charge in [0.05, 0.1) is 18.8 Å². The van der Waals surface area contributed by atoms with Crippen molar-refractivity contribution in [1.29, 1.82) is 0 Å². The van der Waals surface area contributed by atoms with Gasteiger partial charge in [0.25, 0.3) is 0 Å². The highest BCUT2D eigenvalue weighted by atomic mass is 19.1. The predicted molar refractivity (Wildman–Crippen MR) is 72.8 cm³/mol. The highest BCUT2D eigenvalue weighted by molar-refractivity contribution is 5.77. The molecule has 0 amide bonds. The SMILES string of the molecule is O=Cc1ccc(-c2ccc3c(c2)OCCCO3)cc1F. The molecule has 0 spiro atoms. The summed E-state index contributed by atoms with van der Waals surface area (Å²) in [6.45, 7) is 1.24. The third-order valence-corrected chi connectivity index (χ3v) is 3.21. The van der Waals surface area contributed by atoms with Crippen LogP contribution in [0.2, 0.25) is 0 Å². The van der Waals surface area contributed by atoms with Gasteiger partial charge in [-0.25, -0.2) is 4.39 Å². The van der Waals surface area contributed by atoms with Crippen molar-refractivity contribution in [3.05, 3.63) is 47.8 Å². The Morgan fingerprint density at radius 1 is 0.950 bits per heavy atom. The predicted octanol–water partition coefficient (Wildman–Crippen LogP) is 3.47. The van der Waals surface area contributed by atoms with Gasteiger partial charge in [-0.2, -0.15) is 0 Å². The Morgan fingerprint density at radius 3 is 2.40 bits per heavy atom. The number of halogens is 1. The second kappa shape index (κ2) is 5.33. The van der Waals surface area contributed by atoms with Crippen molar-refractivity contribution >= 4 is 6.29 Å². The molecule has 20 heavy (non-hydrogen) atoms. The van der Waals surface area contributed by atoms with Crippen LogP contribution in [0, 0.1) is 5.82 Å². The van der Waals surface area contributed by atoms with Crippen LogP contribution in [-0.4, -0.2) is 19.5 Å². The van der Waals surface area contributed by atoms with Crippen LogP contribution in [0.4, 0.5) is 4.39 Å². The van der Waals surface area contributed by atoms with Gasteiger partial charge in [-0.3, -0.25) is 4.79 Å². The molecule has 0 radical (unpaired) electrons. The van der Waals surface area contributed by atoms with Gasteiger partial charge in [0.1, 0.15) is 5.82 Å². The van der Waals surface area contributed by atoms with Crippen molar-refractivity contribution in [3.8, 4) is 22.6 Å². The van der Waals surface area contributed by atoms with Crippen molar-refractivity contribution in [2.75, 3.05) is 13.2 Å². The van der Waals surface area contributed by atoms with Crippen molar-refractivity contribution in [3.63, 3.8) is 0 Å². The van der Waals surface area contributed by atoms with Gasteiger partial charge < -0.3 is 9.47 Å². The van der Waals surface area contributed by atoms with E-state index in [-0.39, 0.29) is 5.56 Å². The Labute approximate surface area is 115 Å². The first-order valence-electron chi connectivity index (χ1n) is 6.43. The molecule has 0 N–H and O–H groups in total. The second-order valence-corrected chi connectivity index (χ2v) is 4.57. The minimum absolute atomic E-state index is 0.0584. The first kappa shape index (κ1) is 12.7. The number of aldehydes is 1. The van der Waals surface area contributed by atoms with E-state index in [1.54, 1.807) is 6.07 Å². The summed E-state index contributed by atoms with van der Waals surface area (Å²) in [4.78, 5) is 10.6. The zero-order valence-electron chi connectivity index (χ0n) is 10.8. The number of ether oxygens (including phenoxy) is 2. The molecule has 0 saturated heterocycles. The largest absolute Gasteiger partial charge is 0.490 e. The summed E-state index contributed by atoms with van der Waals surface area (Å²) in [5.41, 5.74) is 1.58. The van der Waals surface area contributed by atoms with Crippen LogP contribution in [-0.2, 0) is 0 Å². The lowest BCUT2D eigenvalue weighted by atomic mass is 10.0. The standard InChI is InChI=1S/C16H13FO3/c17-14-8-11(2-3-13(14)10-18)12-4-5-15-16(9-12)20-7-1-6-19-15/h2-5,8-10H,1,6-7H2. The maximum atomic E-state index is 13.7. The molecule has 3 nitrogen and oxygen atoms in total. The molecule has 0 aliphatic carbocycles. The van der Waals surface area contributed by atoms with Gasteiger partial charge in [-0.05, 0) is 35.4 Å². The van der Waals surface area contributed by atoms with E-state index in [2.05, 4.69) is 0 Å². The summed E-state index contributed by atoms with van der Waals surface area (Å²) < 4.78 is 24.8. The van der Waals surface area contributed by atoms with E-state index in [0.29, 0.717) is 36.6 Å². The summed E-state index contributed by atoms with van der Waals surface area (Å²) in [6.07, 6.45) is 1.35. The fourth-order valence-corrected chi connectivity index (χ4v) is 2.15. The Morgan fingerprint density at radius 2 is 1.65 bits per heavy atom. The summed E-state index contributed by atoms with van der Waals surface area (Å²) in [5, 5.41) is 0. The quantitative estimate of drug-likeness (QED) is 0.785. The third-order valence-electron chi connectivity index (χ3n) is 3.21. The first-order chi connectivity index (χ1) is 9.78. The van der Waals surface area contributed by atoms with Gasteiger partial charge >= 0.3 is 0 Å². The van der Waals surface area contributed by atoms with Crippen molar-refractivity contribution in [1.82, 2.24) is 0 Å². The topological polar surface area (TPSA) is 35.5 Å². The maximum absolute atomic E-state index is 13.7. The molecule has 0 unspecified atom stereocenters. The third kappa shape index (κ3) is 2.37. The van der Waals surface area contributed by atoms with Crippen LogP contribution in [0.3, 0.4) is 0 Å². The van der Waals surface area contributed by atoms with Crippen molar-refractivity contribution < 1.29 is 18.7 Å². The molecule has 0 atom stereocenters. The Balaban J connectivity index is 2.00. The Hall–Kier alpha value is -2.36. The number of hydrogen-bond acceptors (Lipinski definition) is 3. The molecule has 3 rings (SSSR count). The van der Waals surface area contributed by atoms with Crippen LogP contribution in [0.1, 0.15) is 16.8 Å². The molecule has 2 aromatic carbocycles. The molecule has 2 aromatic rings. The van der Waals surface area contributed by atoms with Gasteiger partial charge in [-0.1, -0.05) is 12.1 Å². The Bertz CT molecular complexity index is 652. The van der Waals surface area contributed by atoms with Crippen molar-refractivity contribution in [2.45, 2.75) is 6.42 Å². The molecule has 1 heterocycles. The number of rotatable bonds is 2. The van der Waals surface area contributed by atoms with Crippen LogP contribution >= 0.6 is 0 Å². The van der Waals surface area contributed by atoms with Gasteiger partial charge in [0, 0.05) is 6.42 Å². The van der Waals surface area contributed by atoms with Crippen LogP contribution in [0.5, 0.6) is 11.5 Å². The van der Waals surface area contributed by atoms with E-state index in [0.717, 1.165) is 12.0 Å². The number of fused-ring (bicyclic) bond motifs is 1. The molecular weight excluding hydrogens is 259 g/mol.